The topological polar surface area (TPSA) is 136 Å². The Kier molecular flexibility index (Phi) is 5.70. The molecule has 1 saturated heterocycles. The van der Waals surface area contributed by atoms with E-state index in [0.717, 1.165) is 4.68 Å². The molecule has 1 fully saturated rings. The van der Waals surface area contributed by atoms with Gasteiger partial charge >= 0.3 is 11.8 Å². The van der Waals surface area contributed by atoms with Gasteiger partial charge in [-0.1, -0.05) is 11.6 Å². The molecule has 13 heteroatoms. The number of nitrogens with zero attached hydrogens (tertiary/aromatic N) is 4. The van der Waals surface area contributed by atoms with E-state index in [4.69, 9.17) is 16.3 Å². The summed E-state index contributed by atoms with van der Waals surface area (Å²) in [5.74, 6) is -2.04. The summed E-state index contributed by atoms with van der Waals surface area (Å²) < 4.78 is 32.9. The first-order valence-electron chi connectivity index (χ1n) is 7.72. The Morgan fingerprint density at radius 2 is 1.78 bits per heavy atom. The van der Waals surface area contributed by atoms with Gasteiger partial charge in [0.25, 0.3) is 0 Å². The second-order valence-corrected chi connectivity index (χ2v) is 7.77. The maximum absolute atomic E-state index is 12.7. The van der Waals surface area contributed by atoms with Crippen molar-refractivity contribution in [1.29, 1.82) is 0 Å². The predicted octanol–water partition coefficient (Wildman–Crippen LogP) is -0.339. The van der Waals surface area contributed by atoms with E-state index in [9.17, 15) is 18.0 Å². The van der Waals surface area contributed by atoms with Crippen LogP contribution in [-0.2, 0) is 24.3 Å². The van der Waals surface area contributed by atoms with Gasteiger partial charge in [0.1, 0.15) is 12.7 Å². The summed E-state index contributed by atoms with van der Waals surface area (Å²) in [7, 11) is -3.78. The number of ether oxygens (including phenoxy) is 1. The number of morpholine rings is 1. The van der Waals surface area contributed by atoms with Crippen molar-refractivity contribution in [2.75, 3.05) is 37.0 Å². The Balaban J connectivity index is 1.77. The average molecular weight is 415 g/mol. The molecule has 0 aliphatic carbocycles. The number of nitrogens with one attached hydrogen (secondary N) is 2. The number of benzene rings is 1. The van der Waals surface area contributed by atoms with Gasteiger partial charge in [0.05, 0.1) is 28.8 Å². The summed E-state index contributed by atoms with van der Waals surface area (Å²) in [4.78, 5) is 23.9. The van der Waals surface area contributed by atoms with Crippen molar-refractivity contribution in [3.05, 3.63) is 35.9 Å². The van der Waals surface area contributed by atoms with Crippen molar-refractivity contribution in [1.82, 2.24) is 19.2 Å². The minimum absolute atomic E-state index is 0.00472. The number of hydrogen-bond donors (Lipinski definition) is 2. The van der Waals surface area contributed by atoms with E-state index in [-0.39, 0.29) is 28.7 Å². The molecule has 0 unspecified atom stereocenters. The molecule has 11 nitrogen and oxygen atoms in total. The first-order chi connectivity index (χ1) is 12.9. The van der Waals surface area contributed by atoms with Crippen LogP contribution >= 0.6 is 11.6 Å². The van der Waals surface area contributed by atoms with Crippen LogP contribution in [0.25, 0.3) is 0 Å². The van der Waals surface area contributed by atoms with Gasteiger partial charge in [-0.3, -0.25) is 15.0 Å². The van der Waals surface area contributed by atoms with E-state index in [2.05, 4.69) is 20.9 Å². The van der Waals surface area contributed by atoms with Crippen molar-refractivity contribution in [3.63, 3.8) is 0 Å². The van der Waals surface area contributed by atoms with Gasteiger partial charge in [-0.2, -0.15) is 4.31 Å². The van der Waals surface area contributed by atoms with Crippen molar-refractivity contribution >= 4 is 39.1 Å². The minimum Gasteiger partial charge on any atom is -0.379 e. The zero-order chi connectivity index (χ0) is 19.4. The second kappa shape index (κ2) is 8.00. The van der Waals surface area contributed by atoms with Crippen molar-refractivity contribution in [2.24, 2.45) is 0 Å². The minimum atomic E-state index is -3.78. The fourth-order valence-corrected chi connectivity index (χ4v) is 3.90. The van der Waals surface area contributed by atoms with E-state index < -0.39 is 21.8 Å². The third-order valence-corrected chi connectivity index (χ3v) is 5.87. The van der Waals surface area contributed by atoms with Crippen molar-refractivity contribution in [3.8, 4) is 0 Å². The lowest BCUT2D eigenvalue weighted by Gasteiger charge is -2.26. The van der Waals surface area contributed by atoms with E-state index in [1.54, 1.807) is 0 Å². The van der Waals surface area contributed by atoms with Gasteiger partial charge in [0.2, 0.25) is 10.0 Å². The molecule has 1 aliphatic heterocycles. The fraction of sp³-hybridized carbons (Fsp3) is 0.286. The highest BCUT2D eigenvalue weighted by Gasteiger charge is 2.27. The number of carbonyl (C=O) groups excluding carboxylic acids is 2. The first kappa shape index (κ1) is 19.2. The molecular weight excluding hydrogens is 400 g/mol. The lowest BCUT2D eigenvalue weighted by molar-refractivity contribution is -0.133. The van der Waals surface area contributed by atoms with Crippen LogP contribution in [0, 0.1) is 0 Å². The van der Waals surface area contributed by atoms with Crippen LogP contribution in [0.3, 0.4) is 0 Å². The number of rotatable bonds is 4. The largest absolute Gasteiger partial charge is 0.379 e. The van der Waals surface area contributed by atoms with Crippen LogP contribution in [0.5, 0.6) is 0 Å². The molecule has 0 atom stereocenters. The molecule has 27 heavy (non-hydrogen) atoms. The summed E-state index contributed by atoms with van der Waals surface area (Å²) in [6.07, 6.45) is 2.38. The van der Waals surface area contributed by atoms with Crippen LogP contribution in [0.15, 0.2) is 35.7 Å². The molecule has 2 aromatic rings. The number of carbonyl (C=O) groups is 2. The van der Waals surface area contributed by atoms with E-state index in [1.807, 2.05) is 0 Å². The monoisotopic (exact) mass is 414 g/mol. The normalized spacial score (nSPS) is 15.3. The Bertz CT molecular complexity index is 943. The molecule has 1 aliphatic rings. The fourth-order valence-electron chi connectivity index (χ4n) is 2.30. The highest BCUT2D eigenvalue weighted by Crippen LogP contribution is 2.27. The molecule has 3 rings (SSSR count). The molecule has 0 radical (unpaired) electrons. The molecule has 2 N–H and O–H groups in total. The van der Waals surface area contributed by atoms with Gasteiger partial charge in [-0.25, -0.2) is 13.1 Å². The molecule has 2 amide bonds. The molecule has 1 aromatic heterocycles. The number of anilines is 1. The van der Waals surface area contributed by atoms with Crippen LogP contribution in [-0.4, -0.2) is 65.7 Å². The molecule has 0 saturated carbocycles. The average Bonchev–Trinajstić information content (AvgIpc) is 3.17. The molecule has 2 heterocycles. The van der Waals surface area contributed by atoms with Gasteiger partial charge in [0, 0.05) is 13.1 Å². The standard InChI is InChI=1S/C14H15ClN6O5S/c15-11-2-1-10(27(24,25)21-3-5-26-6-4-21)7-12(11)18-13(22)14(23)19-20-8-16-17-9-20/h1-2,7-9H,3-6H2,(H,18,22)(H,19,23). The molecule has 0 spiro atoms. The summed E-state index contributed by atoms with van der Waals surface area (Å²) in [6, 6.07) is 3.87. The summed E-state index contributed by atoms with van der Waals surface area (Å²) in [5, 5.41) is 9.34. The Morgan fingerprint density at radius 3 is 2.44 bits per heavy atom. The number of halogens is 1. The summed E-state index contributed by atoms with van der Waals surface area (Å²) in [6.45, 7) is 1.07. The predicted molar refractivity (Wildman–Crippen MR) is 94.0 cm³/mol. The maximum Gasteiger partial charge on any atom is 0.328 e. The van der Waals surface area contributed by atoms with Crippen LogP contribution in [0.2, 0.25) is 5.02 Å². The number of amides is 2. The van der Waals surface area contributed by atoms with Crippen LogP contribution in [0.1, 0.15) is 0 Å². The third-order valence-electron chi connectivity index (χ3n) is 3.65. The lowest BCUT2D eigenvalue weighted by Crippen LogP contribution is -2.40. The number of sulfonamides is 1. The molecular formula is C14H15ClN6O5S. The van der Waals surface area contributed by atoms with Gasteiger partial charge < -0.3 is 10.1 Å². The molecule has 0 bridgehead atoms. The van der Waals surface area contributed by atoms with Crippen molar-refractivity contribution in [2.45, 2.75) is 4.90 Å². The van der Waals surface area contributed by atoms with E-state index >= 15 is 0 Å². The highest BCUT2D eigenvalue weighted by atomic mass is 35.5. The SMILES string of the molecule is O=C(Nc1cc(S(=O)(=O)N2CCOCC2)ccc1Cl)C(=O)Nn1cnnc1. The van der Waals surface area contributed by atoms with Crippen molar-refractivity contribution < 1.29 is 22.7 Å². The smallest absolute Gasteiger partial charge is 0.328 e. The molecule has 144 valence electrons. The maximum atomic E-state index is 12.7. The van der Waals surface area contributed by atoms with Gasteiger partial charge in [-0.05, 0) is 18.2 Å². The molecule has 1 aromatic carbocycles. The quantitative estimate of drug-likeness (QED) is 0.653. The first-order valence-corrected chi connectivity index (χ1v) is 9.54. The Hall–Kier alpha value is -2.54. The van der Waals surface area contributed by atoms with Crippen LogP contribution in [0.4, 0.5) is 5.69 Å². The lowest BCUT2D eigenvalue weighted by atomic mass is 10.3. The third kappa shape index (κ3) is 4.42. The highest BCUT2D eigenvalue weighted by molar-refractivity contribution is 7.89. The number of hydrogen-bond acceptors (Lipinski definition) is 7. The van der Waals surface area contributed by atoms with Gasteiger partial charge in [-0.15, -0.1) is 10.2 Å². The van der Waals surface area contributed by atoms with E-state index in [1.165, 1.54) is 35.2 Å². The zero-order valence-electron chi connectivity index (χ0n) is 13.8. The van der Waals surface area contributed by atoms with Gasteiger partial charge in [0.15, 0.2) is 0 Å². The Morgan fingerprint density at radius 1 is 1.11 bits per heavy atom. The summed E-state index contributed by atoms with van der Waals surface area (Å²) in [5.41, 5.74) is 2.21. The van der Waals surface area contributed by atoms with E-state index in [0.29, 0.717) is 13.2 Å². The summed E-state index contributed by atoms with van der Waals surface area (Å²) >= 11 is 6.02. The Labute approximate surface area is 159 Å². The zero-order valence-corrected chi connectivity index (χ0v) is 15.4. The second-order valence-electron chi connectivity index (χ2n) is 5.42. The number of aromatic nitrogens is 3. The van der Waals surface area contributed by atoms with Crippen LogP contribution < -0.4 is 10.7 Å².